The molecule has 4 rings (SSSR count). The third kappa shape index (κ3) is 3.24. The summed E-state index contributed by atoms with van der Waals surface area (Å²) in [7, 11) is 1.66. The van der Waals surface area contributed by atoms with Crippen LogP contribution >= 0.6 is 0 Å². The lowest BCUT2D eigenvalue weighted by molar-refractivity contribution is -0.139. The Labute approximate surface area is 174 Å². The first-order valence-corrected chi connectivity index (χ1v) is 9.66. The fourth-order valence-corrected chi connectivity index (χ4v) is 3.66. The van der Waals surface area contributed by atoms with Gasteiger partial charge in [0.25, 0.3) is 5.91 Å². The summed E-state index contributed by atoms with van der Waals surface area (Å²) in [5.41, 5.74) is 0.240. The van der Waals surface area contributed by atoms with Crippen LogP contribution in [0.1, 0.15) is 31.0 Å². The number of imide groups is 1. The van der Waals surface area contributed by atoms with Crippen molar-refractivity contribution in [3.63, 3.8) is 0 Å². The third-order valence-corrected chi connectivity index (χ3v) is 5.77. The van der Waals surface area contributed by atoms with Gasteiger partial charge in [-0.2, -0.15) is 0 Å². The Morgan fingerprint density at radius 1 is 1.17 bits per heavy atom. The van der Waals surface area contributed by atoms with Gasteiger partial charge in [-0.3, -0.25) is 14.5 Å². The van der Waals surface area contributed by atoms with E-state index < -0.39 is 17.5 Å². The molecule has 4 amide bonds. The molecule has 1 saturated heterocycles. The number of hydrogen-bond donors (Lipinski definition) is 1. The maximum absolute atomic E-state index is 13.1. The second-order valence-corrected chi connectivity index (χ2v) is 7.61. The summed E-state index contributed by atoms with van der Waals surface area (Å²) >= 11 is 0. The lowest BCUT2D eigenvalue weighted by atomic mass is 9.91. The molecule has 8 nitrogen and oxygen atoms in total. The van der Waals surface area contributed by atoms with Crippen molar-refractivity contribution < 1.29 is 23.9 Å². The summed E-state index contributed by atoms with van der Waals surface area (Å²) < 4.78 is 10.7. The minimum atomic E-state index is -1.29. The van der Waals surface area contributed by atoms with Crippen molar-refractivity contribution in [1.82, 2.24) is 15.1 Å². The van der Waals surface area contributed by atoms with Crippen LogP contribution in [0.25, 0.3) is 0 Å². The van der Waals surface area contributed by atoms with Crippen molar-refractivity contribution in [2.75, 3.05) is 20.4 Å². The van der Waals surface area contributed by atoms with Crippen LogP contribution in [0.15, 0.2) is 48.5 Å². The molecule has 2 aromatic carbocycles. The van der Waals surface area contributed by atoms with Gasteiger partial charge in [-0.15, -0.1) is 0 Å². The molecule has 2 aliphatic rings. The highest BCUT2D eigenvalue weighted by Gasteiger charge is 2.50. The molecule has 8 heteroatoms. The minimum Gasteiger partial charge on any atom is -0.454 e. The Morgan fingerprint density at radius 3 is 2.60 bits per heavy atom. The molecule has 0 spiro atoms. The largest absolute Gasteiger partial charge is 0.454 e. The molecule has 2 atom stereocenters. The Morgan fingerprint density at radius 2 is 1.87 bits per heavy atom. The Hall–Kier alpha value is -3.55. The van der Waals surface area contributed by atoms with Gasteiger partial charge in [0, 0.05) is 7.05 Å². The van der Waals surface area contributed by atoms with Crippen LogP contribution < -0.4 is 14.8 Å². The van der Waals surface area contributed by atoms with E-state index in [1.165, 1.54) is 4.90 Å². The Balaban J connectivity index is 1.51. The number of rotatable bonds is 5. The summed E-state index contributed by atoms with van der Waals surface area (Å²) in [5, 5.41) is 2.71. The molecule has 0 bridgehead atoms. The average Bonchev–Trinajstić information content (AvgIpc) is 3.31. The number of amides is 4. The number of carbonyl (C=O) groups excluding carboxylic acids is 3. The van der Waals surface area contributed by atoms with Gasteiger partial charge in [-0.25, -0.2) is 4.79 Å². The van der Waals surface area contributed by atoms with Crippen molar-refractivity contribution in [2.24, 2.45) is 0 Å². The maximum Gasteiger partial charge on any atom is 0.325 e. The van der Waals surface area contributed by atoms with Crippen molar-refractivity contribution in [3.05, 3.63) is 59.7 Å². The molecule has 0 radical (unpaired) electrons. The van der Waals surface area contributed by atoms with E-state index in [1.54, 1.807) is 32.2 Å². The van der Waals surface area contributed by atoms with Crippen LogP contribution in [-0.2, 0) is 15.1 Å². The molecule has 156 valence electrons. The van der Waals surface area contributed by atoms with E-state index in [9.17, 15) is 14.4 Å². The summed E-state index contributed by atoms with van der Waals surface area (Å²) in [6, 6.07) is 13.9. The number of nitrogens with one attached hydrogen (secondary N) is 1. The number of benzene rings is 2. The number of urea groups is 1. The van der Waals surface area contributed by atoms with E-state index in [2.05, 4.69) is 5.32 Å². The molecular weight excluding hydrogens is 386 g/mol. The van der Waals surface area contributed by atoms with Crippen LogP contribution in [0.2, 0.25) is 0 Å². The second-order valence-electron chi connectivity index (χ2n) is 7.61. The zero-order chi connectivity index (χ0) is 21.5. The minimum absolute atomic E-state index is 0.113. The summed E-state index contributed by atoms with van der Waals surface area (Å²) in [6.45, 7) is 3.29. The molecule has 0 aliphatic carbocycles. The number of hydrogen-bond acceptors (Lipinski definition) is 5. The Bertz CT molecular complexity index is 1010. The van der Waals surface area contributed by atoms with Crippen molar-refractivity contribution >= 4 is 17.8 Å². The van der Waals surface area contributed by atoms with E-state index in [0.29, 0.717) is 17.1 Å². The first-order chi connectivity index (χ1) is 14.3. The summed E-state index contributed by atoms with van der Waals surface area (Å²) in [6.07, 6.45) is 0. The highest BCUT2D eigenvalue weighted by molar-refractivity contribution is 6.09. The van der Waals surface area contributed by atoms with Gasteiger partial charge in [0.1, 0.15) is 12.1 Å². The number of fused-ring (bicyclic) bond motifs is 1. The van der Waals surface area contributed by atoms with Crippen LogP contribution in [0, 0.1) is 0 Å². The summed E-state index contributed by atoms with van der Waals surface area (Å²) in [5.74, 6) is 0.287. The van der Waals surface area contributed by atoms with E-state index in [-0.39, 0.29) is 25.3 Å². The fraction of sp³-hybridized carbons (Fsp3) is 0.318. The lowest BCUT2D eigenvalue weighted by Crippen LogP contribution is -2.44. The lowest BCUT2D eigenvalue weighted by Gasteiger charge is -2.27. The third-order valence-electron chi connectivity index (χ3n) is 5.77. The van der Waals surface area contributed by atoms with Gasteiger partial charge in [-0.1, -0.05) is 36.4 Å². The first-order valence-electron chi connectivity index (χ1n) is 9.66. The van der Waals surface area contributed by atoms with Crippen LogP contribution in [0.3, 0.4) is 0 Å². The molecule has 0 aromatic heterocycles. The van der Waals surface area contributed by atoms with Gasteiger partial charge in [0.15, 0.2) is 11.5 Å². The standard InChI is InChI=1S/C22H23N3O5/c1-14(15-7-5-4-6-8-15)24(3)19(26)12-25-20(27)22(2,23-21(25)28)16-9-10-17-18(11-16)30-13-29-17/h4-11,14H,12-13H2,1-3H3,(H,23,28)/t14-,22+/m1/s1. The van der Waals surface area contributed by atoms with E-state index in [1.807, 2.05) is 37.3 Å². The van der Waals surface area contributed by atoms with Crippen LogP contribution in [0.5, 0.6) is 11.5 Å². The molecule has 0 unspecified atom stereocenters. The van der Waals surface area contributed by atoms with Gasteiger partial charge in [0.05, 0.1) is 6.04 Å². The number of likely N-dealkylation sites (N-methyl/N-ethyl adjacent to an activating group) is 1. The van der Waals surface area contributed by atoms with Crippen molar-refractivity contribution in [3.8, 4) is 11.5 Å². The van der Waals surface area contributed by atoms with Crippen molar-refractivity contribution in [2.45, 2.75) is 25.4 Å². The highest BCUT2D eigenvalue weighted by atomic mass is 16.7. The molecular formula is C22H23N3O5. The smallest absolute Gasteiger partial charge is 0.325 e. The molecule has 0 saturated carbocycles. The van der Waals surface area contributed by atoms with Crippen LogP contribution in [-0.4, -0.2) is 48.0 Å². The maximum atomic E-state index is 13.1. The van der Waals surface area contributed by atoms with E-state index in [0.717, 1.165) is 10.5 Å². The van der Waals surface area contributed by atoms with Crippen LogP contribution in [0.4, 0.5) is 4.79 Å². The monoisotopic (exact) mass is 409 g/mol. The molecule has 2 aliphatic heterocycles. The predicted octanol–water partition coefficient (Wildman–Crippen LogP) is 2.40. The van der Waals surface area contributed by atoms with E-state index >= 15 is 0 Å². The topological polar surface area (TPSA) is 88.2 Å². The van der Waals surface area contributed by atoms with Gasteiger partial charge >= 0.3 is 6.03 Å². The van der Waals surface area contributed by atoms with Gasteiger partial charge in [-0.05, 0) is 37.1 Å². The zero-order valence-electron chi connectivity index (χ0n) is 17.0. The zero-order valence-corrected chi connectivity index (χ0v) is 17.0. The quantitative estimate of drug-likeness (QED) is 0.767. The predicted molar refractivity (Wildman–Crippen MR) is 108 cm³/mol. The van der Waals surface area contributed by atoms with E-state index in [4.69, 9.17) is 9.47 Å². The SMILES string of the molecule is C[C@H](c1ccccc1)N(C)C(=O)CN1C(=O)N[C@@](C)(c2ccc3c(c2)OCO3)C1=O. The van der Waals surface area contributed by atoms with Gasteiger partial charge in [0.2, 0.25) is 12.7 Å². The second kappa shape index (κ2) is 7.37. The molecule has 1 fully saturated rings. The van der Waals surface area contributed by atoms with Crippen molar-refractivity contribution in [1.29, 1.82) is 0 Å². The highest BCUT2D eigenvalue weighted by Crippen LogP contribution is 2.37. The average molecular weight is 409 g/mol. The summed E-state index contributed by atoms with van der Waals surface area (Å²) in [4.78, 5) is 41.0. The molecule has 1 N–H and O–H groups in total. The Kier molecular flexibility index (Phi) is 4.85. The van der Waals surface area contributed by atoms with Gasteiger partial charge < -0.3 is 19.7 Å². The fourth-order valence-electron chi connectivity index (χ4n) is 3.66. The normalized spacial score (nSPS) is 20.8. The number of carbonyl (C=O) groups is 3. The molecule has 30 heavy (non-hydrogen) atoms. The molecule has 2 heterocycles. The first kappa shape index (κ1) is 19.8. The number of ether oxygens (including phenoxy) is 2. The number of nitrogens with zero attached hydrogens (tertiary/aromatic N) is 2. The molecule has 2 aromatic rings.